The Labute approximate surface area is 89.2 Å². The molecule has 3 heteroatoms. The van der Waals surface area contributed by atoms with Gasteiger partial charge in [0.1, 0.15) is 0 Å². The summed E-state index contributed by atoms with van der Waals surface area (Å²) in [6.45, 7) is 0. The van der Waals surface area contributed by atoms with E-state index in [1.807, 2.05) is 12.1 Å². The summed E-state index contributed by atoms with van der Waals surface area (Å²) in [7, 11) is 0. The Morgan fingerprint density at radius 2 is 2.14 bits per heavy atom. The number of hydrogen-bond acceptors (Lipinski definition) is 2. The SMILES string of the molecule is Nc1ccc(Cl)cc1[C@H](N)CC1CC1. The Morgan fingerprint density at radius 1 is 1.43 bits per heavy atom. The van der Waals surface area contributed by atoms with Crippen molar-refractivity contribution in [3.8, 4) is 0 Å². The van der Waals surface area contributed by atoms with Crippen molar-refractivity contribution in [3.05, 3.63) is 28.8 Å². The summed E-state index contributed by atoms with van der Waals surface area (Å²) < 4.78 is 0. The molecular formula is C11H15ClN2. The topological polar surface area (TPSA) is 52.0 Å². The first-order valence-electron chi connectivity index (χ1n) is 4.97. The number of nitrogen functional groups attached to an aromatic ring is 1. The highest BCUT2D eigenvalue weighted by molar-refractivity contribution is 6.30. The fourth-order valence-corrected chi connectivity index (χ4v) is 1.89. The minimum Gasteiger partial charge on any atom is -0.398 e. The van der Waals surface area contributed by atoms with Crippen molar-refractivity contribution in [3.63, 3.8) is 0 Å². The van der Waals surface area contributed by atoms with Gasteiger partial charge in [-0.25, -0.2) is 0 Å². The third-order valence-corrected chi connectivity index (χ3v) is 2.97. The first kappa shape index (κ1) is 9.81. The maximum Gasteiger partial charge on any atom is 0.0410 e. The second-order valence-electron chi connectivity index (χ2n) is 4.06. The van der Waals surface area contributed by atoms with E-state index in [1.165, 1.54) is 12.8 Å². The van der Waals surface area contributed by atoms with Crippen LogP contribution < -0.4 is 11.5 Å². The Morgan fingerprint density at radius 3 is 2.79 bits per heavy atom. The molecule has 1 aliphatic carbocycles. The fraction of sp³-hybridized carbons (Fsp3) is 0.455. The Balaban J connectivity index is 2.15. The Bertz CT molecular complexity index is 334. The van der Waals surface area contributed by atoms with E-state index in [2.05, 4.69) is 0 Å². The molecule has 1 aliphatic rings. The van der Waals surface area contributed by atoms with Crippen LogP contribution in [-0.2, 0) is 0 Å². The molecule has 0 spiro atoms. The largest absolute Gasteiger partial charge is 0.398 e. The minimum absolute atomic E-state index is 0.0428. The molecule has 0 bridgehead atoms. The van der Waals surface area contributed by atoms with Gasteiger partial charge in [-0.15, -0.1) is 0 Å². The summed E-state index contributed by atoms with van der Waals surface area (Å²) >= 11 is 5.90. The van der Waals surface area contributed by atoms with Crippen molar-refractivity contribution < 1.29 is 0 Å². The molecule has 0 amide bonds. The van der Waals surface area contributed by atoms with Gasteiger partial charge in [-0.05, 0) is 36.1 Å². The summed E-state index contributed by atoms with van der Waals surface area (Å²) in [4.78, 5) is 0. The van der Waals surface area contributed by atoms with Gasteiger partial charge in [0.2, 0.25) is 0 Å². The standard InChI is InChI=1S/C11H15ClN2/c12-8-3-4-10(13)9(6-8)11(14)5-7-1-2-7/h3-4,6-7,11H,1-2,5,13-14H2/t11-/m1/s1. The van der Waals surface area contributed by atoms with E-state index in [0.29, 0.717) is 5.02 Å². The summed E-state index contributed by atoms with van der Waals surface area (Å²) in [6.07, 6.45) is 3.66. The van der Waals surface area contributed by atoms with Gasteiger partial charge in [0.15, 0.2) is 0 Å². The van der Waals surface area contributed by atoms with E-state index in [9.17, 15) is 0 Å². The number of hydrogen-bond donors (Lipinski definition) is 2. The number of nitrogens with two attached hydrogens (primary N) is 2. The van der Waals surface area contributed by atoms with Crippen LogP contribution in [0.15, 0.2) is 18.2 Å². The molecule has 0 aliphatic heterocycles. The lowest BCUT2D eigenvalue weighted by molar-refractivity contribution is 0.598. The van der Waals surface area contributed by atoms with Crippen LogP contribution >= 0.6 is 11.6 Å². The summed E-state index contributed by atoms with van der Waals surface area (Å²) in [6, 6.07) is 5.54. The quantitative estimate of drug-likeness (QED) is 0.754. The third-order valence-electron chi connectivity index (χ3n) is 2.73. The van der Waals surface area contributed by atoms with E-state index in [1.54, 1.807) is 6.07 Å². The summed E-state index contributed by atoms with van der Waals surface area (Å²) in [5.41, 5.74) is 13.7. The number of benzene rings is 1. The second-order valence-corrected chi connectivity index (χ2v) is 4.50. The molecular weight excluding hydrogens is 196 g/mol. The molecule has 76 valence electrons. The van der Waals surface area contributed by atoms with Crippen molar-refractivity contribution >= 4 is 17.3 Å². The van der Waals surface area contributed by atoms with E-state index in [0.717, 1.165) is 23.6 Å². The Kier molecular flexibility index (Phi) is 2.66. The maximum absolute atomic E-state index is 6.07. The monoisotopic (exact) mass is 210 g/mol. The van der Waals surface area contributed by atoms with Crippen LogP contribution in [0.5, 0.6) is 0 Å². The smallest absolute Gasteiger partial charge is 0.0410 e. The van der Waals surface area contributed by atoms with Crippen LogP contribution in [0.4, 0.5) is 5.69 Å². The lowest BCUT2D eigenvalue weighted by Crippen LogP contribution is -2.13. The average Bonchev–Trinajstić information content (AvgIpc) is 2.93. The van der Waals surface area contributed by atoms with Crippen LogP contribution in [0.25, 0.3) is 0 Å². The van der Waals surface area contributed by atoms with Crippen molar-refractivity contribution in [2.45, 2.75) is 25.3 Å². The molecule has 1 atom stereocenters. The first-order valence-corrected chi connectivity index (χ1v) is 5.35. The molecule has 1 saturated carbocycles. The molecule has 0 radical (unpaired) electrons. The lowest BCUT2D eigenvalue weighted by atomic mass is 10.0. The zero-order valence-corrected chi connectivity index (χ0v) is 8.80. The van der Waals surface area contributed by atoms with Gasteiger partial charge in [0, 0.05) is 16.8 Å². The number of rotatable bonds is 3. The molecule has 4 N–H and O–H groups in total. The van der Waals surface area contributed by atoms with Gasteiger partial charge in [0.25, 0.3) is 0 Å². The van der Waals surface area contributed by atoms with Gasteiger partial charge < -0.3 is 11.5 Å². The van der Waals surface area contributed by atoms with E-state index >= 15 is 0 Å². The molecule has 0 heterocycles. The normalized spacial score (nSPS) is 18.1. The highest BCUT2D eigenvalue weighted by Gasteiger charge is 2.25. The van der Waals surface area contributed by atoms with Gasteiger partial charge in [-0.3, -0.25) is 0 Å². The lowest BCUT2D eigenvalue weighted by Gasteiger charge is -2.14. The molecule has 0 saturated heterocycles. The predicted molar refractivity (Wildman–Crippen MR) is 60.1 cm³/mol. The molecule has 1 aromatic rings. The van der Waals surface area contributed by atoms with Crippen LogP contribution in [-0.4, -0.2) is 0 Å². The van der Waals surface area contributed by atoms with Gasteiger partial charge in [0.05, 0.1) is 0 Å². The van der Waals surface area contributed by atoms with Gasteiger partial charge in [-0.2, -0.15) is 0 Å². The predicted octanol–water partition coefficient (Wildman–Crippen LogP) is 2.72. The minimum atomic E-state index is 0.0428. The van der Waals surface area contributed by atoms with Crippen molar-refractivity contribution in [2.24, 2.45) is 11.7 Å². The van der Waals surface area contributed by atoms with E-state index in [-0.39, 0.29) is 6.04 Å². The molecule has 0 unspecified atom stereocenters. The molecule has 14 heavy (non-hydrogen) atoms. The molecule has 0 aromatic heterocycles. The number of halogens is 1. The third kappa shape index (κ3) is 2.20. The highest BCUT2D eigenvalue weighted by Crippen LogP contribution is 2.38. The molecule has 1 fully saturated rings. The number of anilines is 1. The van der Waals surface area contributed by atoms with Crippen molar-refractivity contribution in [1.82, 2.24) is 0 Å². The molecule has 1 aromatic carbocycles. The molecule has 2 rings (SSSR count). The zero-order chi connectivity index (χ0) is 10.1. The van der Waals surface area contributed by atoms with Crippen LogP contribution in [0.1, 0.15) is 30.9 Å². The second kappa shape index (κ2) is 3.79. The molecule has 2 nitrogen and oxygen atoms in total. The van der Waals surface area contributed by atoms with E-state index in [4.69, 9.17) is 23.1 Å². The van der Waals surface area contributed by atoms with Crippen LogP contribution in [0.2, 0.25) is 5.02 Å². The maximum atomic E-state index is 6.07. The van der Waals surface area contributed by atoms with Crippen LogP contribution in [0, 0.1) is 5.92 Å². The van der Waals surface area contributed by atoms with Crippen molar-refractivity contribution in [1.29, 1.82) is 0 Å². The van der Waals surface area contributed by atoms with Gasteiger partial charge in [-0.1, -0.05) is 24.4 Å². The van der Waals surface area contributed by atoms with Crippen molar-refractivity contribution in [2.75, 3.05) is 5.73 Å². The summed E-state index contributed by atoms with van der Waals surface area (Å²) in [5.74, 6) is 0.809. The Hall–Kier alpha value is -0.730. The average molecular weight is 211 g/mol. The van der Waals surface area contributed by atoms with Gasteiger partial charge >= 0.3 is 0 Å². The zero-order valence-electron chi connectivity index (χ0n) is 8.04. The fourth-order valence-electron chi connectivity index (χ4n) is 1.71. The van der Waals surface area contributed by atoms with E-state index < -0.39 is 0 Å². The van der Waals surface area contributed by atoms with Crippen LogP contribution in [0.3, 0.4) is 0 Å². The highest BCUT2D eigenvalue weighted by atomic mass is 35.5. The summed E-state index contributed by atoms with van der Waals surface area (Å²) in [5, 5.41) is 0.709. The first-order chi connectivity index (χ1) is 6.66.